The SMILES string of the molecule is CC(=O)Nc1nc(-c2cccs2)c(NC(=O)c2ccco2)s1. The summed E-state index contributed by atoms with van der Waals surface area (Å²) in [7, 11) is 0. The van der Waals surface area contributed by atoms with E-state index in [-0.39, 0.29) is 17.6 Å². The van der Waals surface area contributed by atoms with Crippen LogP contribution in [0, 0.1) is 0 Å². The Labute approximate surface area is 133 Å². The Morgan fingerprint density at radius 3 is 2.73 bits per heavy atom. The number of furan rings is 1. The molecule has 3 aromatic heterocycles. The van der Waals surface area contributed by atoms with Crippen molar-refractivity contribution in [1.82, 2.24) is 4.98 Å². The maximum absolute atomic E-state index is 12.1. The molecule has 3 aromatic rings. The third-order valence-corrected chi connectivity index (χ3v) is 4.40. The van der Waals surface area contributed by atoms with Gasteiger partial charge in [-0.1, -0.05) is 17.4 Å². The molecule has 0 aliphatic carbocycles. The minimum absolute atomic E-state index is 0.213. The molecule has 0 bridgehead atoms. The second-order valence-electron chi connectivity index (χ2n) is 4.29. The summed E-state index contributed by atoms with van der Waals surface area (Å²) >= 11 is 2.71. The molecule has 3 rings (SSSR count). The van der Waals surface area contributed by atoms with Gasteiger partial charge in [-0.25, -0.2) is 4.98 Å². The fourth-order valence-electron chi connectivity index (χ4n) is 1.76. The van der Waals surface area contributed by atoms with Crippen LogP contribution in [0.25, 0.3) is 10.6 Å². The first-order chi connectivity index (χ1) is 10.6. The third-order valence-electron chi connectivity index (χ3n) is 2.64. The van der Waals surface area contributed by atoms with E-state index < -0.39 is 0 Å². The van der Waals surface area contributed by atoms with Gasteiger partial charge in [-0.2, -0.15) is 0 Å². The van der Waals surface area contributed by atoms with Crippen LogP contribution >= 0.6 is 22.7 Å². The third kappa shape index (κ3) is 3.07. The van der Waals surface area contributed by atoms with Crippen molar-refractivity contribution in [2.45, 2.75) is 6.92 Å². The van der Waals surface area contributed by atoms with Crippen LogP contribution in [0.2, 0.25) is 0 Å². The summed E-state index contributed by atoms with van der Waals surface area (Å²) in [6, 6.07) is 7.02. The van der Waals surface area contributed by atoms with Crippen molar-refractivity contribution in [3.05, 3.63) is 41.7 Å². The maximum Gasteiger partial charge on any atom is 0.292 e. The standard InChI is InChI=1S/C14H11N3O3S2/c1-8(18)15-14-16-11(10-5-3-7-21-10)13(22-14)17-12(19)9-4-2-6-20-9/h2-7H,1H3,(H,17,19)(H,15,16,18). The lowest BCUT2D eigenvalue weighted by Gasteiger charge is -2.01. The molecule has 8 heteroatoms. The Hall–Kier alpha value is -2.45. The summed E-state index contributed by atoms with van der Waals surface area (Å²) in [5.74, 6) is -0.358. The Balaban J connectivity index is 1.92. The molecule has 112 valence electrons. The van der Waals surface area contributed by atoms with E-state index in [9.17, 15) is 9.59 Å². The highest BCUT2D eigenvalue weighted by Crippen LogP contribution is 2.38. The van der Waals surface area contributed by atoms with Crippen molar-refractivity contribution >= 4 is 44.6 Å². The zero-order valence-corrected chi connectivity index (χ0v) is 13.1. The maximum atomic E-state index is 12.1. The molecule has 2 N–H and O–H groups in total. The van der Waals surface area contributed by atoms with Crippen LogP contribution in [-0.2, 0) is 4.79 Å². The molecular weight excluding hydrogens is 322 g/mol. The number of nitrogens with zero attached hydrogens (tertiary/aromatic N) is 1. The molecule has 3 heterocycles. The van der Waals surface area contributed by atoms with E-state index in [1.54, 1.807) is 12.1 Å². The van der Waals surface area contributed by atoms with Gasteiger partial charge in [0.05, 0.1) is 11.1 Å². The number of amides is 2. The Bertz CT molecular complexity index is 792. The minimum atomic E-state index is -0.360. The van der Waals surface area contributed by atoms with Gasteiger partial charge < -0.3 is 15.1 Å². The lowest BCUT2D eigenvalue weighted by atomic mass is 10.3. The van der Waals surface area contributed by atoms with Crippen molar-refractivity contribution in [1.29, 1.82) is 0 Å². The fraction of sp³-hybridized carbons (Fsp3) is 0.0714. The average molecular weight is 333 g/mol. The lowest BCUT2D eigenvalue weighted by Crippen LogP contribution is -2.10. The largest absolute Gasteiger partial charge is 0.459 e. The zero-order chi connectivity index (χ0) is 15.5. The van der Waals surface area contributed by atoms with Crippen molar-refractivity contribution in [2.24, 2.45) is 0 Å². The molecule has 0 unspecified atom stereocenters. The predicted molar refractivity (Wildman–Crippen MR) is 86.4 cm³/mol. The number of thiazole rings is 1. The van der Waals surface area contributed by atoms with Crippen LogP contribution in [-0.4, -0.2) is 16.8 Å². The molecule has 0 aromatic carbocycles. The number of anilines is 2. The van der Waals surface area contributed by atoms with Gasteiger partial charge in [-0.15, -0.1) is 11.3 Å². The summed E-state index contributed by atoms with van der Waals surface area (Å²) < 4.78 is 5.07. The quantitative estimate of drug-likeness (QED) is 0.763. The second-order valence-corrected chi connectivity index (χ2v) is 6.23. The number of carbonyl (C=O) groups excluding carboxylic acids is 2. The van der Waals surface area contributed by atoms with Crippen molar-refractivity contribution in [3.63, 3.8) is 0 Å². The van der Waals surface area contributed by atoms with Gasteiger partial charge in [0.15, 0.2) is 10.9 Å². The molecular formula is C14H11N3O3S2. The molecule has 0 radical (unpaired) electrons. The number of hydrogen-bond acceptors (Lipinski definition) is 6. The van der Waals surface area contributed by atoms with Crippen LogP contribution in [0.5, 0.6) is 0 Å². The van der Waals surface area contributed by atoms with Crippen molar-refractivity contribution in [3.8, 4) is 10.6 Å². The van der Waals surface area contributed by atoms with E-state index in [0.29, 0.717) is 15.8 Å². The van der Waals surface area contributed by atoms with E-state index in [4.69, 9.17) is 4.42 Å². The van der Waals surface area contributed by atoms with E-state index in [2.05, 4.69) is 15.6 Å². The van der Waals surface area contributed by atoms with E-state index >= 15 is 0 Å². The Morgan fingerprint density at radius 2 is 2.09 bits per heavy atom. The number of hydrogen-bond donors (Lipinski definition) is 2. The Kier molecular flexibility index (Phi) is 4.03. The van der Waals surface area contributed by atoms with Crippen molar-refractivity contribution in [2.75, 3.05) is 10.6 Å². The highest BCUT2D eigenvalue weighted by atomic mass is 32.1. The number of aromatic nitrogens is 1. The van der Waals surface area contributed by atoms with Crippen LogP contribution in [0.15, 0.2) is 40.3 Å². The van der Waals surface area contributed by atoms with Crippen molar-refractivity contribution < 1.29 is 14.0 Å². The summed E-state index contributed by atoms with van der Waals surface area (Å²) in [6.45, 7) is 1.41. The normalized spacial score (nSPS) is 10.4. The molecule has 0 atom stereocenters. The minimum Gasteiger partial charge on any atom is -0.459 e. The van der Waals surface area contributed by atoms with Gasteiger partial charge in [0.1, 0.15) is 10.7 Å². The van der Waals surface area contributed by atoms with E-state index in [1.807, 2.05) is 17.5 Å². The van der Waals surface area contributed by atoms with Crippen LogP contribution in [0.4, 0.5) is 10.1 Å². The van der Waals surface area contributed by atoms with Crippen LogP contribution in [0.3, 0.4) is 0 Å². The number of carbonyl (C=O) groups is 2. The molecule has 0 aliphatic rings. The lowest BCUT2D eigenvalue weighted by molar-refractivity contribution is -0.114. The monoisotopic (exact) mass is 333 g/mol. The average Bonchev–Trinajstić information content (AvgIpc) is 3.19. The fourth-order valence-corrected chi connectivity index (χ4v) is 3.47. The van der Waals surface area contributed by atoms with Gasteiger partial charge in [0.25, 0.3) is 5.91 Å². The summed E-state index contributed by atoms with van der Waals surface area (Å²) in [4.78, 5) is 28.6. The molecule has 0 fully saturated rings. The number of thiophene rings is 1. The molecule has 22 heavy (non-hydrogen) atoms. The first kappa shape index (κ1) is 14.5. The second kappa shape index (κ2) is 6.12. The first-order valence-corrected chi connectivity index (χ1v) is 8.00. The van der Waals surface area contributed by atoms with E-state index in [0.717, 1.165) is 4.88 Å². The topological polar surface area (TPSA) is 84.2 Å². The van der Waals surface area contributed by atoms with Gasteiger partial charge >= 0.3 is 0 Å². The molecule has 0 aliphatic heterocycles. The van der Waals surface area contributed by atoms with Gasteiger partial charge in [0.2, 0.25) is 5.91 Å². The molecule has 0 spiro atoms. The molecule has 0 saturated heterocycles. The zero-order valence-electron chi connectivity index (χ0n) is 11.5. The smallest absolute Gasteiger partial charge is 0.292 e. The van der Waals surface area contributed by atoms with E-state index in [1.165, 1.54) is 35.9 Å². The summed E-state index contributed by atoms with van der Waals surface area (Å²) in [5.41, 5.74) is 0.628. The molecule has 0 saturated carbocycles. The highest BCUT2D eigenvalue weighted by molar-refractivity contribution is 7.21. The van der Waals surface area contributed by atoms with Gasteiger partial charge in [-0.05, 0) is 23.6 Å². The summed E-state index contributed by atoms with van der Waals surface area (Å²) in [6.07, 6.45) is 1.44. The number of nitrogens with one attached hydrogen (secondary N) is 2. The highest BCUT2D eigenvalue weighted by Gasteiger charge is 2.18. The van der Waals surface area contributed by atoms with Crippen LogP contribution in [0.1, 0.15) is 17.5 Å². The van der Waals surface area contributed by atoms with Crippen LogP contribution < -0.4 is 10.6 Å². The molecule has 2 amide bonds. The molecule has 6 nitrogen and oxygen atoms in total. The van der Waals surface area contributed by atoms with Gasteiger partial charge in [0, 0.05) is 6.92 Å². The Morgan fingerprint density at radius 1 is 1.23 bits per heavy atom. The van der Waals surface area contributed by atoms with Gasteiger partial charge in [-0.3, -0.25) is 9.59 Å². The predicted octanol–water partition coefficient (Wildman–Crippen LogP) is 3.68. The number of rotatable bonds is 4. The first-order valence-electron chi connectivity index (χ1n) is 6.30. The summed E-state index contributed by atoms with van der Waals surface area (Å²) in [5, 5.41) is 8.33.